The Morgan fingerprint density at radius 3 is 2.10 bits per heavy atom. The fourth-order valence-corrected chi connectivity index (χ4v) is 3.99. The third-order valence-electron chi connectivity index (χ3n) is 6.12. The van der Waals surface area contributed by atoms with Gasteiger partial charge in [-0.2, -0.15) is 0 Å². The molecule has 3 aromatic rings. The number of carbonyl (C=O) groups is 4. The summed E-state index contributed by atoms with van der Waals surface area (Å²) in [4.78, 5) is 61.3. The third kappa shape index (κ3) is 6.87. The van der Waals surface area contributed by atoms with Gasteiger partial charge in [0.25, 0.3) is 5.69 Å². The number of anilines is 1. The van der Waals surface area contributed by atoms with E-state index in [4.69, 9.17) is 14.2 Å². The van der Waals surface area contributed by atoms with E-state index in [2.05, 4.69) is 0 Å². The number of ketones is 1. The van der Waals surface area contributed by atoms with Crippen LogP contribution in [0.1, 0.15) is 40.5 Å². The lowest BCUT2D eigenvalue weighted by Crippen LogP contribution is -2.27. The lowest BCUT2D eigenvalue weighted by atomic mass is 10.1. The molecule has 1 amide bonds. The van der Waals surface area contributed by atoms with E-state index < -0.39 is 35.2 Å². The first kappa shape index (κ1) is 28.0. The molecule has 4 rings (SSSR count). The van der Waals surface area contributed by atoms with Gasteiger partial charge >= 0.3 is 11.9 Å². The Hall–Kier alpha value is -5.06. The molecular weight excluding hydrogens is 520 g/mol. The number of carbonyl (C=O) groups excluding carboxylic acids is 4. The van der Waals surface area contributed by atoms with Gasteiger partial charge in [-0.25, -0.2) is 4.79 Å². The first-order valence-electron chi connectivity index (χ1n) is 12.5. The van der Waals surface area contributed by atoms with Gasteiger partial charge in [-0.3, -0.25) is 24.5 Å². The van der Waals surface area contributed by atoms with E-state index in [1.165, 1.54) is 41.3 Å². The first-order chi connectivity index (χ1) is 19.2. The molecule has 1 heterocycles. The molecule has 3 aromatic carbocycles. The summed E-state index contributed by atoms with van der Waals surface area (Å²) in [5.74, 6) is -1.71. The number of hydrogen-bond donors (Lipinski definition) is 0. The molecule has 11 heteroatoms. The van der Waals surface area contributed by atoms with E-state index in [-0.39, 0.29) is 24.6 Å². The zero-order chi connectivity index (χ0) is 28.6. The van der Waals surface area contributed by atoms with Crippen molar-refractivity contribution in [1.29, 1.82) is 0 Å². The van der Waals surface area contributed by atoms with Gasteiger partial charge in [0.15, 0.2) is 12.4 Å². The number of nitro benzene ring substituents is 1. The molecule has 1 aliphatic rings. The SMILES string of the molecule is CCCOC(=O)c1ccc(N2C[C@@H](C(=O)OCC(=O)c3ccc(Oc4ccc([N+](=O)[O-])cc4)cc3)CC2=O)cc1. The standard InChI is InChI=1S/C29H26N2O9/c1-2-15-38-28(34)20-3-7-22(8-4-20)30-17-21(16-27(30)33)29(35)39-18-26(32)19-5-11-24(12-6-19)40-25-13-9-23(10-14-25)31(36)37/h3-14,21H,2,15-18H2,1H3/t21-/m0/s1. The number of ether oxygens (including phenoxy) is 3. The van der Waals surface area contributed by atoms with E-state index in [1.54, 1.807) is 36.4 Å². The highest BCUT2D eigenvalue weighted by Gasteiger charge is 2.36. The van der Waals surface area contributed by atoms with E-state index in [9.17, 15) is 29.3 Å². The lowest BCUT2D eigenvalue weighted by Gasteiger charge is -2.17. The smallest absolute Gasteiger partial charge is 0.338 e. The van der Waals surface area contributed by atoms with E-state index >= 15 is 0 Å². The molecule has 1 aliphatic heterocycles. The van der Waals surface area contributed by atoms with Crippen LogP contribution in [0.15, 0.2) is 72.8 Å². The summed E-state index contributed by atoms with van der Waals surface area (Å²) in [6.07, 6.45) is 0.657. The van der Waals surface area contributed by atoms with Crippen molar-refractivity contribution in [1.82, 2.24) is 0 Å². The van der Waals surface area contributed by atoms with E-state index in [0.29, 0.717) is 41.3 Å². The maximum absolute atomic E-state index is 12.6. The van der Waals surface area contributed by atoms with Gasteiger partial charge in [-0.15, -0.1) is 0 Å². The van der Waals surface area contributed by atoms with Crippen molar-refractivity contribution in [3.8, 4) is 11.5 Å². The molecule has 0 aromatic heterocycles. The first-order valence-corrected chi connectivity index (χ1v) is 12.5. The monoisotopic (exact) mass is 546 g/mol. The van der Waals surface area contributed by atoms with Gasteiger partial charge in [0.1, 0.15) is 11.5 Å². The minimum absolute atomic E-state index is 0.0536. The minimum Gasteiger partial charge on any atom is -0.462 e. The van der Waals surface area contributed by atoms with Crippen LogP contribution in [0.4, 0.5) is 11.4 Å². The number of non-ortho nitro benzene ring substituents is 1. The molecule has 0 saturated carbocycles. The summed E-state index contributed by atoms with van der Waals surface area (Å²) in [5.41, 5.74) is 1.15. The van der Waals surface area contributed by atoms with Crippen LogP contribution in [0, 0.1) is 16.0 Å². The second-order valence-electron chi connectivity index (χ2n) is 9.00. The Morgan fingerprint density at radius 1 is 0.900 bits per heavy atom. The number of hydrogen-bond acceptors (Lipinski definition) is 9. The molecule has 1 saturated heterocycles. The molecule has 0 bridgehead atoms. The van der Waals surface area contributed by atoms with Crippen molar-refractivity contribution in [2.45, 2.75) is 19.8 Å². The lowest BCUT2D eigenvalue weighted by molar-refractivity contribution is -0.384. The van der Waals surface area contributed by atoms with Crippen molar-refractivity contribution < 1.29 is 38.3 Å². The Labute approximate surface area is 229 Å². The van der Waals surface area contributed by atoms with Crippen LogP contribution in [-0.2, 0) is 19.1 Å². The topological polar surface area (TPSA) is 142 Å². The fraction of sp³-hybridized carbons (Fsp3) is 0.241. The van der Waals surface area contributed by atoms with Gasteiger partial charge < -0.3 is 19.1 Å². The number of Topliss-reactive ketones (excluding diaryl/α,β-unsaturated/α-hetero) is 1. The molecule has 1 fully saturated rings. The third-order valence-corrected chi connectivity index (χ3v) is 6.12. The van der Waals surface area contributed by atoms with Crippen LogP contribution in [-0.4, -0.2) is 48.3 Å². The number of benzene rings is 3. The molecule has 1 atom stereocenters. The predicted octanol–water partition coefficient (Wildman–Crippen LogP) is 4.73. The Morgan fingerprint density at radius 2 is 1.50 bits per heavy atom. The molecule has 0 radical (unpaired) electrons. The van der Waals surface area contributed by atoms with Crippen LogP contribution in [0.2, 0.25) is 0 Å². The molecule has 11 nitrogen and oxygen atoms in total. The number of amides is 1. The van der Waals surface area contributed by atoms with Crippen molar-refractivity contribution in [2.75, 3.05) is 24.7 Å². The Kier molecular flexibility index (Phi) is 8.85. The van der Waals surface area contributed by atoms with Crippen molar-refractivity contribution in [3.05, 3.63) is 94.0 Å². The number of esters is 2. The Balaban J connectivity index is 1.27. The number of nitro groups is 1. The molecule has 0 spiro atoms. The summed E-state index contributed by atoms with van der Waals surface area (Å²) in [6.45, 7) is 1.83. The molecule has 40 heavy (non-hydrogen) atoms. The maximum atomic E-state index is 12.6. The molecule has 0 aliphatic carbocycles. The second-order valence-corrected chi connectivity index (χ2v) is 9.00. The molecule has 0 N–H and O–H groups in total. The summed E-state index contributed by atoms with van der Waals surface area (Å²) in [5, 5.41) is 10.8. The minimum atomic E-state index is -0.730. The van der Waals surface area contributed by atoms with Gasteiger partial charge in [-0.1, -0.05) is 6.92 Å². The van der Waals surface area contributed by atoms with Gasteiger partial charge in [-0.05, 0) is 67.1 Å². The van der Waals surface area contributed by atoms with Gasteiger partial charge in [0.05, 0.1) is 23.0 Å². The number of rotatable bonds is 11. The Bertz CT molecular complexity index is 1400. The van der Waals surface area contributed by atoms with Crippen LogP contribution < -0.4 is 9.64 Å². The van der Waals surface area contributed by atoms with Gasteiger partial charge in [0, 0.05) is 36.3 Å². The second kappa shape index (κ2) is 12.7. The van der Waals surface area contributed by atoms with Crippen LogP contribution in [0.3, 0.4) is 0 Å². The van der Waals surface area contributed by atoms with E-state index in [1.807, 2.05) is 6.92 Å². The molecular formula is C29H26N2O9. The van der Waals surface area contributed by atoms with Gasteiger partial charge in [0.2, 0.25) is 5.91 Å². The highest BCUT2D eigenvalue weighted by atomic mass is 16.6. The van der Waals surface area contributed by atoms with Crippen molar-refractivity contribution >= 4 is 35.0 Å². The zero-order valence-corrected chi connectivity index (χ0v) is 21.6. The maximum Gasteiger partial charge on any atom is 0.338 e. The van der Waals surface area contributed by atoms with E-state index in [0.717, 1.165) is 0 Å². The fourth-order valence-electron chi connectivity index (χ4n) is 3.99. The largest absolute Gasteiger partial charge is 0.462 e. The average Bonchev–Trinajstić information content (AvgIpc) is 3.36. The quantitative estimate of drug-likeness (QED) is 0.144. The molecule has 0 unspecified atom stereocenters. The normalized spacial score (nSPS) is 14.5. The summed E-state index contributed by atoms with van der Waals surface area (Å²) in [6, 6.07) is 18.1. The van der Waals surface area contributed by atoms with Crippen LogP contribution >= 0.6 is 0 Å². The average molecular weight is 547 g/mol. The number of nitrogens with zero attached hydrogens (tertiary/aromatic N) is 2. The van der Waals surface area contributed by atoms with Crippen LogP contribution in [0.25, 0.3) is 0 Å². The summed E-state index contributed by atoms with van der Waals surface area (Å²) < 4.78 is 15.9. The van der Waals surface area contributed by atoms with Crippen LogP contribution in [0.5, 0.6) is 11.5 Å². The summed E-state index contributed by atoms with van der Waals surface area (Å²) >= 11 is 0. The zero-order valence-electron chi connectivity index (χ0n) is 21.6. The van der Waals surface area contributed by atoms with Crippen molar-refractivity contribution in [2.24, 2.45) is 5.92 Å². The summed E-state index contributed by atoms with van der Waals surface area (Å²) in [7, 11) is 0. The molecule has 206 valence electrons. The highest BCUT2D eigenvalue weighted by molar-refractivity contribution is 6.01. The highest BCUT2D eigenvalue weighted by Crippen LogP contribution is 2.27. The van der Waals surface area contributed by atoms with Crippen molar-refractivity contribution in [3.63, 3.8) is 0 Å². The predicted molar refractivity (Wildman–Crippen MR) is 142 cm³/mol.